The van der Waals surface area contributed by atoms with E-state index in [0.29, 0.717) is 0 Å². The molecule has 1 saturated carbocycles. The number of hydrogen-bond acceptors (Lipinski definition) is 2. The minimum absolute atomic E-state index is 0.0243. The molecule has 98 valence electrons. The number of hydrogen-bond donors (Lipinski definition) is 1. The van der Waals surface area contributed by atoms with Crippen LogP contribution in [0, 0.1) is 17.3 Å². The zero-order valence-electron chi connectivity index (χ0n) is 10.5. The molecule has 1 N–H and O–H groups in total. The van der Waals surface area contributed by atoms with Crippen LogP contribution < -0.4 is 0 Å². The van der Waals surface area contributed by atoms with E-state index in [1.54, 1.807) is 0 Å². The van der Waals surface area contributed by atoms with Crippen LogP contribution >= 0.6 is 0 Å². The van der Waals surface area contributed by atoms with Gasteiger partial charge in [-0.05, 0) is 37.5 Å². The van der Waals surface area contributed by atoms with Gasteiger partial charge in [-0.15, -0.1) is 0 Å². The Morgan fingerprint density at radius 3 is 2.28 bits per heavy atom. The molecule has 1 unspecified atom stereocenters. The fraction of sp³-hybridized carbons (Fsp3) is 0.714. The van der Waals surface area contributed by atoms with Gasteiger partial charge < -0.3 is 10.0 Å². The number of piperidine rings is 1. The second kappa shape index (κ2) is 4.11. The molecule has 4 heteroatoms. The fourth-order valence-electron chi connectivity index (χ4n) is 3.50. The number of amides is 1. The number of carboxylic acid groups (broad SMARTS) is 1. The number of carboxylic acids is 1. The third-order valence-electron chi connectivity index (χ3n) is 4.92. The monoisotopic (exact) mass is 249 g/mol. The summed E-state index contributed by atoms with van der Waals surface area (Å²) >= 11 is 0. The van der Waals surface area contributed by atoms with E-state index < -0.39 is 5.97 Å². The quantitative estimate of drug-likeness (QED) is 0.757. The predicted molar refractivity (Wildman–Crippen MR) is 65.9 cm³/mol. The van der Waals surface area contributed by atoms with Crippen molar-refractivity contribution >= 4 is 11.9 Å². The van der Waals surface area contributed by atoms with Gasteiger partial charge in [0.25, 0.3) is 0 Å². The second-order valence-electron chi connectivity index (χ2n) is 5.92. The highest BCUT2D eigenvalue weighted by Crippen LogP contribution is 2.59. The molecular weight excluding hydrogens is 230 g/mol. The first-order valence-electron chi connectivity index (χ1n) is 6.79. The molecule has 1 heterocycles. The lowest BCUT2D eigenvalue weighted by atomic mass is 9.90. The minimum Gasteiger partial charge on any atom is -0.481 e. The van der Waals surface area contributed by atoms with Crippen molar-refractivity contribution in [1.29, 1.82) is 0 Å². The number of carbonyl (C=O) groups excluding carboxylic acids is 1. The summed E-state index contributed by atoms with van der Waals surface area (Å²) in [5.74, 6) is -0.395. The molecule has 3 aliphatic rings. The summed E-state index contributed by atoms with van der Waals surface area (Å²) in [6.45, 7) is 1.50. The Balaban J connectivity index is 1.54. The van der Waals surface area contributed by atoms with Gasteiger partial charge in [0, 0.05) is 19.0 Å². The van der Waals surface area contributed by atoms with Crippen molar-refractivity contribution in [1.82, 2.24) is 4.90 Å². The predicted octanol–water partition coefficient (Wildman–Crippen LogP) is 1.67. The molecule has 0 aromatic rings. The van der Waals surface area contributed by atoms with Gasteiger partial charge in [-0.3, -0.25) is 9.59 Å². The van der Waals surface area contributed by atoms with Crippen LogP contribution in [0.3, 0.4) is 0 Å². The van der Waals surface area contributed by atoms with Gasteiger partial charge >= 0.3 is 5.97 Å². The summed E-state index contributed by atoms with van der Waals surface area (Å²) in [5.41, 5.74) is 0.0243. The Morgan fingerprint density at radius 2 is 1.78 bits per heavy atom. The number of likely N-dealkylation sites (tertiary alicyclic amines) is 1. The van der Waals surface area contributed by atoms with Crippen LogP contribution in [0.2, 0.25) is 0 Å². The number of carbonyl (C=O) groups is 2. The molecule has 1 atom stereocenters. The van der Waals surface area contributed by atoms with E-state index >= 15 is 0 Å². The van der Waals surface area contributed by atoms with Crippen molar-refractivity contribution in [3.05, 3.63) is 12.2 Å². The maximum absolute atomic E-state index is 12.2. The fourth-order valence-corrected chi connectivity index (χ4v) is 3.50. The van der Waals surface area contributed by atoms with Crippen molar-refractivity contribution in [3.63, 3.8) is 0 Å². The lowest BCUT2D eigenvalue weighted by Gasteiger charge is -2.34. The van der Waals surface area contributed by atoms with Gasteiger partial charge in [0.1, 0.15) is 0 Å². The van der Waals surface area contributed by atoms with Crippen LogP contribution in [0.4, 0.5) is 0 Å². The standard InChI is InChI=1S/C14H19NO3/c16-12(10-3-1-2-4-10)15-7-5-14(6-8-15)9-11(14)13(17)18/h1-2,10-11H,3-9H2,(H,17,18). The molecule has 3 rings (SSSR count). The van der Waals surface area contributed by atoms with E-state index in [-0.39, 0.29) is 23.2 Å². The Hall–Kier alpha value is -1.32. The Morgan fingerprint density at radius 1 is 1.17 bits per heavy atom. The molecule has 0 bridgehead atoms. The average Bonchev–Trinajstić information content (AvgIpc) is 2.84. The van der Waals surface area contributed by atoms with Gasteiger partial charge in [0.15, 0.2) is 0 Å². The number of rotatable bonds is 2. The Kier molecular flexibility index (Phi) is 2.68. The zero-order valence-corrected chi connectivity index (χ0v) is 10.5. The van der Waals surface area contributed by atoms with E-state index in [9.17, 15) is 9.59 Å². The summed E-state index contributed by atoms with van der Waals surface area (Å²) < 4.78 is 0. The van der Waals surface area contributed by atoms with E-state index in [1.165, 1.54) is 0 Å². The van der Waals surface area contributed by atoms with E-state index in [2.05, 4.69) is 12.2 Å². The van der Waals surface area contributed by atoms with Crippen LogP contribution in [-0.2, 0) is 9.59 Å². The Bertz CT molecular complexity index is 399. The molecule has 0 aromatic heterocycles. The van der Waals surface area contributed by atoms with Crippen LogP contribution in [0.25, 0.3) is 0 Å². The molecule has 2 aliphatic carbocycles. The lowest BCUT2D eigenvalue weighted by Crippen LogP contribution is -2.42. The second-order valence-corrected chi connectivity index (χ2v) is 5.92. The summed E-state index contributed by atoms with van der Waals surface area (Å²) in [4.78, 5) is 25.1. The summed E-state index contributed by atoms with van der Waals surface area (Å²) in [7, 11) is 0. The zero-order chi connectivity index (χ0) is 12.8. The normalized spacial score (nSPS) is 29.8. The number of nitrogens with zero attached hydrogens (tertiary/aromatic N) is 1. The van der Waals surface area contributed by atoms with Crippen LogP contribution in [0.15, 0.2) is 12.2 Å². The third-order valence-corrected chi connectivity index (χ3v) is 4.92. The molecule has 1 aliphatic heterocycles. The van der Waals surface area contributed by atoms with Gasteiger partial charge in [0.2, 0.25) is 5.91 Å². The van der Waals surface area contributed by atoms with Crippen molar-refractivity contribution in [2.45, 2.75) is 32.1 Å². The van der Waals surface area contributed by atoms with Gasteiger partial charge in [-0.25, -0.2) is 0 Å². The smallest absolute Gasteiger partial charge is 0.307 e. The average molecular weight is 249 g/mol. The topological polar surface area (TPSA) is 57.6 Å². The molecule has 1 saturated heterocycles. The van der Waals surface area contributed by atoms with Gasteiger partial charge in [0.05, 0.1) is 5.92 Å². The van der Waals surface area contributed by atoms with E-state index in [0.717, 1.165) is 45.2 Å². The van der Waals surface area contributed by atoms with Crippen molar-refractivity contribution in [2.24, 2.45) is 17.3 Å². The largest absolute Gasteiger partial charge is 0.481 e. The van der Waals surface area contributed by atoms with Crippen molar-refractivity contribution in [3.8, 4) is 0 Å². The number of aliphatic carboxylic acids is 1. The molecule has 4 nitrogen and oxygen atoms in total. The summed E-state index contributed by atoms with van der Waals surface area (Å²) in [6.07, 6.45) is 8.46. The molecule has 1 spiro atoms. The van der Waals surface area contributed by atoms with E-state index in [1.807, 2.05) is 4.90 Å². The maximum Gasteiger partial charge on any atom is 0.307 e. The van der Waals surface area contributed by atoms with Crippen molar-refractivity contribution < 1.29 is 14.7 Å². The highest BCUT2D eigenvalue weighted by Gasteiger charge is 2.59. The molecule has 0 aromatic carbocycles. The maximum atomic E-state index is 12.2. The lowest BCUT2D eigenvalue weighted by molar-refractivity contribution is -0.140. The third kappa shape index (κ3) is 1.84. The van der Waals surface area contributed by atoms with Crippen molar-refractivity contribution in [2.75, 3.05) is 13.1 Å². The first-order chi connectivity index (χ1) is 8.62. The summed E-state index contributed by atoms with van der Waals surface area (Å²) in [5, 5.41) is 9.03. The summed E-state index contributed by atoms with van der Waals surface area (Å²) in [6, 6.07) is 0. The molecular formula is C14H19NO3. The van der Waals surface area contributed by atoms with Crippen LogP contribution in [-0.4, -0.2) is 35.0 Å². The highest BCUT2D eigenvalue weighted by atomic mass is 16.4. The SMILES string of the molecule is O=C(O)C1CC12CCN(C(=O)C1CC=CC1)CC2. The van der Waals surface area contributed by atoms with Crippen LogP contribution in [0.5, 0.6) is 0 Å². The molecule has 2 fully saturated rings. The highest BCUT2D eigenvalue weighted by molar-refractivity contribution is 5.80. The molecule has 18 heavy (non-hydrogen) atoms. The molecule has 1 amide bonds. The minimum atomic E-state index is -0.658. The van der Waals surface area contributed by atoms with E-state index in [4.69, 9.17) is 5.11 Å². The molecule has 0 radical (unpaired) electrons. The van der Waals surface area contributed by atoms with Gasteiger partial charge in [-0.2, -0.15) is 0 Å². The first-order valence-corrected chi connectivity index (χ1v) is 6.79. The van der Waals surface area contributed by atoms with Gasteiger partial charge in [-0.1, -0.05) is 12.2 Å². The van der Waals surface area contributed by atoms with Crippen LogP contribution in [0.1, 0.15) is 32.1 Å². The number of allylic oxidation sites excluding steroid dienone is 2. The first kappa shape index (κ1) is 11.8. The Labute approximate surface area is 107 Å².